The first-order chi connectivity index (χ1) is 13.3. The Bertz CT molecular complexity index is 1090. The number of carbonyl (C=O) groups excluding carboxylic acids is 1. The van der Waals surface area contributed by atoms with Gasteiger partial charge < -0.3 is 9.50 Å². The van der Waals surface area contributed by atoms with Gasteiger partial charge in [-0.2, -0.15) is 13.5 Å². The summed E-state index contributed by atoms with van der Waals surface area (Å²) in [6.07, 6.45) is 1.36. The van der Waals surface area contributed by atoms with E-state index >= 15 is 0 Å². The van der Waals surface area contributed by atoms with Gasteiger partial charge in [0, 0.05) is 14.5 Å². The SMILES string of the molecule is CC1SC(=NN=Cc2ccccc2OS(=O)(=O)c2cc(Br)ccc2Br)NC1=O. The Hall–Kier alpha value is -1.69. The molecule has 11 heteroatoms. The zero-order valence-electron chi connectivity index (χ0n) is 14.3. The molecule has 0 bridgehead atoms. The maximum absolute atomic E-state index is 12.7. The molecule has 0 aliphatic carbocycles. The normalized spacial score (nSPS) is 18.6. The lowest BCUT2D eigenvalue weighted by Crippen LogP contribution is -2.23. The Kier molecular flexibility index (Phi) is 6.58. The van der Waals surface area contributed by atoms with E-state index in [1.807, 2.05) is 0 Å². The fraction of sp³-hybridized carbons (Fsp3) is 0.118. The highest BCUT2D eigenvalue weighted by atomic mass is 79.9. The lowest BCUT2D eigenvalue weighted by atomic mass is 10.2. The van der Waals surface area contributed by atoms with Crippen molar-refractivity contribution in [2.24, 2.45) is 10.2 Å². The van der Waals surface area contributed by atoms with Gasteiger partial charge in [0.1, 0.15) is 4.90 Å². The van der Waals surface area contributed by atoms with E-state index in [2.05, 4.69) is 47.4 Å². The minimum absolute atomic E-state index is 0.00656. The van der Waals surface area contributed by atoms with E-state index in [1.165, 1.54) is 30.1 Å². The third kappa shape index (κ3) is 5.02. The molecular formula is C17H13Br2N3O4S2. The van der Waals surface area contributed by atoms with Crippen molar-refractivity contribution in [1.82, 2.24) is 5.32 Å². The Morgan fingerprint density at radius 1 is 1.21 bits per heavy atom. The number of benzene rings is 2. The second kappa shape index (κ2) is 8.76. The van der Waals surface area contributed by atoms with Crippen molar-refractivity contribution in [1.29, 1.82) is 0 Å². The summed E-state index contributed by atoms with van der Waals surface area (Å²) in [7, 11) is -4.08. The van der Waals surface area contributed by atoms with Gasteiger partial charge in [-0.25, -0.2) is 0 Å². The number of carbonyl (C=O) groups is 1. The molecule has 1 atom stereocenters. The summed E-state index contributed by atoms with van der Waals surface area (Å²) in [5.41, 5.74) is 0.420. The predicted octanol–water partition coefficient (Wildman–Crippen LogP) is 3.92. The molecule has 0 radical (unpaired) electrons. The Balaban J connectivity index is 1.84. The summed E-state index contributed by atoms with van der Waals surface area (Å²) in [5.74, 6) is -0.0248. The van der Waals surface area contributed by atoms with Gasteiger partial charge in [0.25, 0.3) is 0 Å². The number of hydrogen-bond donors (Lipinski definition) is 1. The van der Waals surface area contributed by atoms with E-state index in [4.69, 9.17) is 4.18 Å². The number of rotatable bonds is 5. The van der Waals surface area contributed by atoms with Crippen molar-refractivity contribution in [3.05, 3.63) is 57.0 Å². The van der Waals surface area contributed by atoms with Crippen LogP contribution in [0.1, 0.15) is 12.5 Å². The molecule has 2 aromatic rings. The van der Waals surface area contributed by atoms with E-state index in [1.54, 1.807) is 37.3 Å². The maximum atomic E-state index is 12.7. The van der Waals surface area contributed by atoms with Crippen LogP contribution in [-0.4, -0.2) is 31.0 Å². The van der Waals surface area contributed by atoms with Crippen molar-refractivity contribution in [2.75, 3.05) is 0 Å². The standard InChI is InChI=1S/C17H13Br2N3O4S2/c1-10-16(23)21-17(27-10)22-20-9-11-4-2-3-5-14(11)26-28(24,25)15-8-12(18)6-7-13(15)19/h2-10H,1H3,(H,21,22,23). The molecule has 7 nitrogen and oxygen atoms in total. The van der Waals surface area contributed by atoms with Gasteiger partial charge in [-0.15, -0.1) is 5.10 Å². The highest BCUT2D eigenvalue weighted by molar-refractivity contribution is 9.11. The van der Waals surface area contributed by atoms with E-state index < -0.39 is 10.1 Å². The highest BCUT2D eigenvalue weighted by Crippen LogP contribution is 2.29. The molecule has 0 saturated carbocycles. The molecule has 1 aliphatic rings. The van der Waals surface area contributed by atoms with Crippen LogP contribution >= 0.6 is 43.6 Å². The average Bonchev–Trinajstić information content (AvgIpc) is 2.96. The lowest BCUT2D eigenvalue weighted by molar-refractivity contribution is -0.118. The lowest BCUT2D eigenvalue weighted by Gasteiger charge is -2.10. The molecule has 1 N–H and O–H groups in total. The number of hydrogen-bond acceptors (Lipinski definition) is 7. The van der Waals surface area contributed by atoms with E-state index in [0.29, 0.717) is 19.7 Å². The third-order valence-corrected chi connectivity index (χ3v) is 7.21. The van der Waals surface area contributed by atoms with Crippen LogP contribution in [0.2, 0.25) is 0 Å². The number of amides is 1. The molecule has 1 aliphatic heterocycles. The van der Waals surface area contributed by atoms with Crippen molar-refractivity contribution in [3.63, 3.8) is 0 Å². The molecule has 28 heavy (non-hydrogen) atoms. The highest BCUT2D eigenvalue weighted by Gasteiger charge is 2.26. The first-order valence-corrected chi connectivity index (χ1v) is 11.7. The molecule has 2 aromatic carbocycles. The molecular weight excluding hydrogens is 534 g/mol. The zero-order valence-corrected chi connectivity index (χ0v) is 19.1. The third-order valence-electron chi connectivity index (χ3n) is 3.51. The summed E-state index contributed by atoms with van der Waals surface area (Å²) in [6.45, 7) is 1.76. The van der Waals surface area contributed by atoms with E-state index in [9.17, 15) is 13.2 Å². The van der Waals surface area contributed by atoms with Crippen molar-refractivity contribution >= 4 is 71.0 Å². The first-order valence-electron chi connectivity index (χ1n) is 7.83. The monoisotopic (exact) mass is 545 g/mol. The summed E-state index contributed by atoms with van der Waals surface area (Å²) >= 11 is 7.74. The summed E-state index contributed by atoms with van der Waals surface area (Å²) in [6, 6.07) is 11.3. The fourth-order valence-electron chi connectivity index (χ4n) is 2.14. The number of halogens is 2. The van der Waals surface area contributed by atoms with Crippen LogP contribution in [0.3, 0.4) is 0 Å². The Labute approximate surface area is 183 Å². The summed E-state index contributed by atoms with van der Waals surface area (Å²) in [4.78, 5) is 11.4. The molecule has 1 fully saturated rings. The molecule has 146 valence electrons. The summed E-state index contributed by atoms with van der Waals surface area (Å²) < 4.78 is 31.7. The molecule has 0 spiro atoms. The number of thioether (sulfide) groups is 1. The molecule has 1 unspecified atom stereocenters. The van der Waals surface area contributed by atoms with E-state index in [-0.39, 0.29) is 21.8 Å². The predicted molar refractivity (Wildman–Crippen MR) is 116 cm³/mol. The number of nitrogens with zero attached hydrogens (tertiary/aromatic N) is 2. The zero-order chi connectivity index (χ0) is 20.3. The maximum Gasteiger partial charge on any atom is 0.340 e. The van der Waals surface area contributed by atoms with Gasteiger partial charge in [0.15, 0.2) is 10.9 Å². The minimum atomic E-state index is -4.08. The van der Waals surface area contributed by atoms with Crippen LogP contribution in [0.5, 0.6) is 5.75 Å². The quantitative estimate of drug-likeness (QED) is 0.348. The van der Waals surface area contributed by atoms with Gasteiger partial charge in [-0.05, 0) is 53.2 Å². The van der Waals surface area contributed by atoms with Gasteiger partial charge in [-0.1, -0.05) is 39.8 Å². The van der Waals surface area contributed by atoms with Gasteiger partial charge >= 0.3 is 10.1 Å². The largest absolute Gasteiger partial charge is 0.378 e. The molecule has 1 saturated heterocycles. The van der Waals surface area contributed by atoms with Crippen LogP contribution in [-0.2, 0) is 14.9 Å². The summed E-state index contributed by atoms with van der Waals surface area (Å²) in [5, 5.41) is 10.6. The number of para-hydroxylation sites is 1. The Morgan fingerprint density at radius 3 is 2.68 bits per heavy atom. The van der Waals surface area contributed by atoms with Crippen molar-refractivity contribution < 1.29 is 17.4 Å². The number of nitrogens with one attached hydrogen (secondary N) is 1. The first kappa shape index (κ1) is 21.0. The van der Waals surface area contributed by atoms with Crippen LogP contribution in [0.15, 0.2) is 66.5 Å². The minimum Gasteiger partial charge on any atom is -0.378 e. The van der Waals surface area contributed by atoms with Gasteiger partial charge in [0.05, 0.1) is 11.5 Å². The van der Waals surface area contributed by atoms with Gasteiger partial charge in [-0.3, -0.25) is 4.79 Å². The molecule has 1 amide bonds. The molecule has 0 aromatic heterocycles. The van der Waals surface area contributed by atoms with Crippen LogP contribution in [0.25, 0.3) is 0 Å². The van der Waals surface area contributed by atoms with Crippen LogP contribution in [0, 0.1) is 0 Å². The molecule has 1 heterocycles. The average molecular weight is 547 g/mol. The van der Waals surface area contributed by atoms with Crippen LogP contribution < -0.4 is 9.50 Å². The Morgan fingerprint density at radius 2 is 1.96 bits per heavy atom. The smallest absolute Gasteiger partial charge is 0.340 e. The van der Waals surface area contributed by atoms with Gasteiger partial charge in [0.2, 0.25) is 5.91 Å². The number of amidine groups is 1. The molecule has 3 rings (SSSR count). The second-order valence-corrected chi connectivity index (χ2v) is 10.2. The van der Waals surface area contributed by atoms with E-state index in [0.717, 1.165) is 0 Å². The second-order valence-electron chi connectivity index (χ2n) is 5.55. The van der Waals surface area contributed by atoms with Crippen LogP contribution in [0.4, 0.5) is 0 Å². The van der Waals surface area contributed by atoms with Crippen molar-refractivity contribution in [2.45, 2.75) is 17.1 Å². The van der Waals surface area contributed by atoms with Crippen molar-refractivity contribution in [3.8, 4) is 5.75 Å². The topological polar surface area (TPSA) is 97.2 Å². The fourth-order valence-corrected chi connectivity index (χ4v) is 5.31.